The first kappa shape index (κ1) is 17.5. The van der Waals surface area contributed by atoms with Gasteiger partial charge in [0.05, 0.1) is 18.8 Å². The number of hydrogen-bond donors (Lipinski definition) is 2. The molecule has 0 radical (unpaired) electrons. The number of carbonyl (C=O) groups is 1. The summed E-state index contributed by atoms with van der Waals surface area (Å²) in [4.78, 5) is 12.1. The van der Waals surface area contributed by atoms with Crippen LogP contribution in [0.3, 0.4) is 0 Å². The normalized spacial score (nSPS) is 17.5. The summed E-state index contributed by atoms with van der Waals surface area (Å²) in [6, 6.07) is 2.13. The van der Waals surface area contributed by atoms with E-state index in [2.05, 4.69) is 20.8 Å². The maximum absolute atomic E-state index is 12.1. The van der Waals surface area contributed by atoms with Crippen LogP contribution in [0.2, 0.25) is 0 Å². The first-order valence-electron chi connectivity index (χ1n) is 7.75. The molecule has 2 aromatic rings. The number of nitrogens with one attached hydrogen (secondary N) is 2. The summed E-state index contributed by atoms with van der Waals surface area (Å²) in [5.41, 5.74) is 1.59. The van der Waals surface area contributed by atoms with Crippen LogP contribution in [-0.4, -0.2) is 45.1 Å². The van der Waals surface area contributed by atoms with Crippen LogP contribution in [0.15, 0.2) is 24.7 Å². The molecule has 3 rings (SSSR count). The Balaban J connectivity index is 0.00000192. The number of nitrogens with zero attached hydrogens (tertiary/aromatic N) is 4. The molecule has 0 spiro atoms. The van der Waals surface area contributed by atoms with Crippen molar-refractivity contribution in [3.63, 3.8) is 0 Å². The predicted molar refractivity (Wildman–Crippen MR) is 89.9 cm³/mol. The molecule has 7 nitrogen and oxygen atoms in total. The van der Waals surface area contributed by atoms with Gasteiger partial charge in [-0.05, 0) is 37.9 Å². The molecule has 1 saturated heterocycles. The molecule has 0 saturated carbocycles. The molecule has 2 aromatic heterocycles. The standard InChI is InChI=1S/C15H22N6O.ClH/c1-12-9-18-20(11-12)8-6-17-15(22)14-4-7-21(19-14)13-3-2-5-16-10-13;/h4,7,9,11,13,16H,2-3,5-6,8,10H2,1H3,(H,17,22);1H. The molecular formula is C15H23ClN6O. The summed E-state index contributed by atoms with van der Waals surface area (Å²) in [5, 5.41) is 14.8. The Morgan fingerprint density at radius 2 is 2.39 bits per heavy atom. The molecule has 1 aliphatic rings. The summed E-state index contributed by atoms with van der Waals surface area (Å²) in [6.45, 7) is 5.18. The zero-order valence-electron chi connectivity index (χ0n) is 13.2. The highest BCUT2D eigenvalue weighted by Crippen LogP contribution is 2.15. The highest BCUT2D eigenvalue weighted by Gasteiger charge is 2.17. The molecule has 1 unspecified atom stereocenters. The van der Waals surface area contributed by atoms with Crippen LogP contribution in [0.1, 0.15) is 34.9 Å². The Morgan fingerprint density at radius 3 is 3.09 bits per heavy atom. The van der Waals surface area contributed by atoms with E-state index >= 15 is 0 Å². The van der Waals surface area contributed by atoms with Gasteiger partial charge in [-0.2, -0.15) is 10.2 Å². The minimum Gasteiger partial charge on any atom is -0.349 e. The Kier molecular flexibility index (Phi) is 6.18. The molecule has 0 aromatic carbocycles. The molecule has 0 aliphatic carbocycles. The van der Waals surface area contributed by atoms with E-state index in [4.69, 9.17) is 0 Å². The van der Waals surface area contributed by atoms with Crippen LogP contribution >= 0.6 is 12.4 Å². The van der Waals surface area contributed by atoms with Crippen LogP contribution in [0.4, 0.5) is 0 Å². The number of hydrogen-bond acceptors (Lipinski definition) is 4. The largest absolute Gasteiger partial charge is 0.349 e. The molecule has 1 amide bonds. The summed E-state index contributed by atoms with van der Waals surface area (Å²) < 4.78 is 3.72. The van der Waals surface area contributed by atoms with Crippen molar-refractivity contribution in [2.24, 2.45) is 0 Å². The quantitative estimate of drug-likeness (QED) is 0.858. The Morgan fingerprint density at radius 1 is 1.52 bits per heavy atom. The van der Waals surface area contributed by atoms with Gasteiger partial charge in [0.15, 0.2) is 0 Å². The van der Waals surface area contributed by atoms with E-state index < -0.39 is 0 Å². The van der Waals surface area contributed by atoms with Crippen LogP contribution in [-0.2, 0) is 6.54 Å². The lowest BCUT2D eigenvalue weighted by molar-refractivity contribution is 0.0945. The van der Waals surface area contributed by atoms with Crippen molar-refractivity contribution in [2.75, 3.05) is 19.6 Å². The predicted octanol–water partition coefficient (Wildman–Crippen LogP) is 1.16. The highest BCUT2D eigenvalue weighted by atomic mass is 35.5. The van der Waals surface area contributed by atoms with Crippen molar-refractivity contribution >= 4 is 18.3 Å². The lowest BCUT2D eigenvalue weighted by atomic mass is 10.1. The fourth-order valence-corrected chi connectivity index (χ4v) is 2.69. The minimum absolute atomic E-state index is 0. The van der Waals surface area contributed by atoms with Crippen molar-refractivity contribution in [1.82, 2.24) is 30.2 Å². The van der Waals surface area contributed by atoms with Gasteiger partial charge in [-0.25, -0.2) is 0 Å². The second kappa shape index (κ2) is 8.12. The fourth-order valence-electron chi connectivity index (χ4n) is 2.69. The van der Waals surface area contributed by atoms with Gasteiger partial charge in [-0.1, -0.05) is 0 Å². The first-order chi connectivity index (χ1) is 10.7. The van der Waals surface area contributed by atoms with Crippen molar-refractivity contribution in [3.8, 4) is 0 Å². The van der Waals surface area contributed by atoms with Gasteiger partial charge in [0, 0.05) is 25.5 Å². The lowest BCUT2D eigenvalue weighted by Crippen LogP contribution is -2.32. The number of amides is 1. The SMILES string of the molecule is Cc1cnn(CCNC(=O)c2ccn(C3CCCNC3)n2)c1.Cl. The molecule has 126 valence electrons. The van der Waals surface area contributed by atoms with Crippen LogP contribution in [0.5, 0.6) is 0 Å². The average molecular weight is 339 g/mol. The zero-order valence-corrected chi connectivity index (χ0v) is 14.1. The lowest BCUT2D eigenvalue weighted by Gasteiger charge is -2.22. The van der Waals surface area contributed by atoms with Gasteiger partial charge < -0.3 is 10.6 Å². The molecule has 1 fully saturated rings. The second-order valence-corrected chi connectivity index (χ2v) is 5.72. The summed E-state index contributed by atoms with van der Waals surface area (Å²) >= 11 is 0. The highest BCUT2D eigenvalue weighted by molar-refractivity contribution is 5.92. The average Bonchev–Trinajstić information content (AvgIpc) is 3.17. The van der Waals surface area contributed by atoms with Gasteiger partial charge in [-0.3, -0.25) is 14.2 Å². The molecule has 1 aliphatic heterocycles. The van der Waals surface area contributed by atoms with Crippen LogP contribution < -0.4 is 10.6 Å². The summed E-state index contributed by atoms with van der Waals surface area (Å²) in [5.74, 6) is -0.133. The number of halogens is 1. The number of carbonyl (C=O) groups excluding carboxylic acids is 1. The van der Waals surface area contributed by atoms with Crippen molar-refractivity contribution < 1.29 is 4.79 Å². The third-order valence-electron chi connectivity index (χ3n) is 3.87. The Labute approximate surface area is 141 Å². The number of piperidine rings is 1. The van der Waals surface area contributed by atoms with E-state index in [1.54, 1.807) is 6.07 Å². The van der Waals surface area contributed by atoms with Gasteiger partial charge >= 0.3 is 0 Å². The van der Waals surface area contributed by atoms with E-state index in [9.17, 15) is 4.79 Å². The summed E-state index contributed by atoms with van der Waals surface area (Å²) in [6.07, 6.45) is 7.91. The second-order valence-electron chi connectivity index (χ2n) is 5.72. The molecule has 23 heavy (non-hydrogen) atoms. The monoisotopic (exact) mass is 338 g/mol. The first-order valence-corrected chi connectivity index (χ1v) is 7.75. The van der Waals surface area contributed by atoms with E-state index in [0.717, 1.165) is 31.5 Å². The number of rotatable bonds is 5. The Hall–Kier alpha value is -1.86. The van der Waals surface area contributed by atoms with Crippen molar-refractivity contribution in [2.45, 2.75) is 32.4 Å². The van der Waals surface area contributed by atoms with Crippen LogP contribution in [0.25, 0.3) is 0 Å². The van der Waals surface area contributed by atoms with E-state index in [0.29, 0.717) is 24.8 Å². The van der Waals surface area contributed by atoms with Gasteiger partial charge in [0.25, 0.3) is 5.91 Å². The third kappa shape index (κ3) is 4.56. The van der Waals surface area contributed by atoms with Crippen LogP contribution in [0, 0.1) is 6.92 Å². The molecule has 2 N–H and O–H groups in total. The van der Waals surface area contributed by atoms with Crippen molar-refractivity contribution in [3.05, 3.63) is 35.9 Å². The molecule has 1 atom stereocenters. The van der Waals surface area contributed by atoms with Gasteiger partial charge in [0.1, 0.15) is 5.69 Å². The van der Waals surface area contributed by atoms with Gasteiger partial charge in [0.2, 0.25) is 0 Å². The molecule has 8 heteroatoms. The smallest absolute Gasteiger partial charge is 0.271 e. The number of aromatic nitrogens is 4. The fraction of sp³-hybridized carbons (Fsp3) is 0.533. The maximum atomic E-state index is 12.1. The molecule has 3 heterocycles. The molecule has 0 bridgehead atoms. The summed E-state index contributed by atoms with van der Waals surface area (Å²) in [7, 11) is 0. The van der Waals surface area contributed by atoms with E-state index in [1.165, 1.54) is 0 Å². The van der Waals surface area contributed by atoms with E-state index in [-0.39, 0.29) is 18.3 Å². The topological polar surface area (TPSA) is 76.8 Å². The maximum Gasteiger partial charge on any atom is 0.271 e. The van der Waals surface area contributed by atoms with E-state index in [1.807, 2.05) is 34.9 Å². The molecular weight excluding hydrogens is 316 g/mol. The zero-order chi connectivity index (χ0) is 15.4. The van der Waals surface area contributed by atoms with Gasteiger partial charge in [-0.15, -0.1) is 12.4 Å². The number of aryl methyl sites for hydroxylation is 1. The Bertz CT molecular complexity index is 631. The minimum atomic E-state index is -0.133. The third-order valence-corrected chi connectivity index (χ3v) is 3.87. The van der Waals surface area contributed by atoms with Crippen molar-refractivity contribution in [1.29, 1.82) is 0 Å².